The summed E-state index contributed by atoms with van der Waals surface area (Å²) in [6.07, 6.45) is 4.28. The van der Waals surface area contributed by atoms with Crippen LogP contribution < -0.4 is 10.6 Å². The lowest BCUT2D eigenvalue weighted by atomic mass is 9.94. The van der Waals surface area contributed by atoms with Gasteiger partial charge >= 0.3 is 0 Å². The van der Waals surface area contributed by atoms with E-state index in [1.54, 1.807) is 0 Å². The third kappa shape index (κ3) is 3.71. The van der Waals surface area contributed by atoms with E-state index >= 15 is 0 Å². The topological polar surface area (TPSA) is 41.1 Å². The van der Waals surface area contributed by atoms with E-state index in [0.717, 1.165) is 38.0 Å². The fraction of sp³-hybridized carbons (Fsp3) is 0.562. The average molecular weight is 329 g/mol. The van der Waals surface area contributed by atoms with Gasteiger partial charge in [0.1, 0.15) is 0 Å². The molecule has 1 saturated heterocycles. The van der Waals surface area contributed by atoms with Gasteiger partial charge in [0, 0.05) is 11.6 Å². The molecule has 1 aromatic carbocycles. The quantitative estimate of drug-likeness (QED) is 0.892. The lowest BCUT2D eigenvalue weighted by Crippen LogP contribution is -2.41. The van der Waals surface area contributed by atoms with Gasteiger partial charge in [0.05, 0.1) is 5.41 Å². The highest BCUT2D eigenvalue weighted by Crippen LogP contribution is 2.48. The molecule has 2 N–H and O–H groups in total. The van der Waals surface area contributed by atoms with Crippen LogP contribution in [0.1, 0.15) is 31.2 Å². The molecule has 0 spiro atoms. The van der Waals surface area contributed by atoms with E-state index in [1.165, 1.54) is 12.8 Å². The largest absolute Gasteiger partial charge is 0.355 e. The second kappa shape index (κ2) is 6.99. The highest BCUT2D eigenvalue weighted by molar-refractivity contribution is 6.30. The van der Waals surface area contributed by atoms with Gasteiger partial charge in [0.25, 0.3) is 0 Å². The molecule has 1 amide bonds. The Morgan fingerprint density at radius 2 is 2.24 bits per heavy atom. The summed E-state index contributed by atoms with van der Waals surface area (Å²) in [5, 5.41) is 7.24. The van der Waals surface area contributed by atoms with E-state index in [9.17, 15) is 4.79 Å². The molecule has 2 aliphatic rings. The zero-order chi connectivity index (χ0) is 14.0. The van der Waals surface area contributed by atoms with E-state index in [4.69, 9.17) is 11.6 Å². The van der Waals surface area contributed by atoms with E-state index in [2.05, 4.69) is 10.6 Å². The molecule has 0 radical (unpaired) electrons. The Kier molecular flexibility index (Phi) is 5.53. The molecule has 3 nitrogen and oxygen atoms in total. The summed E-state index contributed by atoms with van der Waals surface area (Å²) >= 11 is 6.04. The predicted molar refractivity (Wildman–Crippen MR) is 88.2 cm³/mol. The third-order valence-corrected chi connectivity index (χ3v) is 4.75. The number of rotatable bonds is 4. The zero-order valence-electron chi connectivity index (χ0n) is 12.0. The summed E-state index contributed by atoms with van der Waals surface area (Å²) < 4.78 is 0. The number of benzene rings is 1. The van der Waals surface area contributed by atoms with Crippen molar-refractivity contribution < 1.29 is 4.79 Å². The predicted octanol–water partition coefficient (Wildman–Crippen LogP) is 2.91. The van der Waals surface area contributed by atoms with E-state index in [1.807, 2.05) is 24.3 Å². The molecule has 5 heteroatoms. The van der Waals surface area contributed by atoms with Gasteiger partial charge in [-0.2, -0.15) is 0 Å². The molecule has 1 aromatic rings. The Bertz CT molecular complexity index is 497. The smallest absolute Gasteiger partial charge is 0.230 e. The zero-order valence-corrected chi connectivity index (χ0v) is 13.6. The lowest BCUT2D eigenvalue weighted by Gasteiger charge is -2.24. The molecule has 1 aliphatic carbocycles. The van der Waals surface area contributed by atoms with Gasteiger partial charge in [-0.3, -0.25) is 4.79 Å². The van der Waals surface area contributed by atoms with Crippen LogP contribution in [0.3, 0.4) is 0 Å². The Hall–Kier alpha value is -0.770. The summed E-state index contributed by atoms with van der Waals surface area (Å²) in [5.74, 6) is 0.744. The Morgan fingerprint density at radius 3 is 2.86 bits per heavy atom. The summed E-state index contributed by atoms with van der Waals surface area (Å²) in [4.78, 5) is 12.5. The van der Waals surface area contributed by atoms with Gasteiger partial charge in [-0.15, -0.1) is 12.4 Å². The van der Waals surface area contributed by atoms with Crippen molar-refractivity contribution >= 4 is 29.9 Å². The van der Waals surface area contributed by atoms with Gasteiger partial charge in [-0.25, -0.2) is 0 Å². The van der Waals surface area contributed by atoms with Gasteiger partial charge in [0.2, 0.25) is 5.91 Å². The molecule has 1 aliphatic heterocycles. The van der Waals surface area contributed by atoms with Crippen LogP contribution in [0.2, 0.25) is 5.02 Å². The number of piperidine rings is 1. The first-order valence-electron chi connectivity index (χ1n) is 7.46. The standard InChI is InChI=1S/C16H21ClN2O.ClH/c17-14-5-1-4-13(9-14)16(6-7-16)15(20)19-11-12-3-2-8-18-10-12;/h1,4-5,9,12,18H,2-3,6-8,10-11H2,(H,19,20);1H. The maximum Gasteiger partial charge on any atom is 0.230 e. The van der Waals surface area contributed by atoms with Crippen molar-refractivity contribution in [2.24, 2.45) is 5.92 Å². The number of carbonyl (C=O) groups excluding carboxylic acids is 1. The van der Waals surface area contributed by atoms with E-state index in [0.29, 0.717) is 10.9 Å². The summed E-state index contributed by atoms with van der Waals surface area (Å²) in [6.45, 7) is 2.91. The minimum atomic E-state index is -0.313. The van der Waals surface area contributed by atoms with Gasteiger partial charge in [-0.1, -0.05) is 23.7 Å². The summed E-state index contributed by atoms with van der Waals surface area (Å²) in [7, 11) is 0. The fourth-order valence-corrected chi connectivity index (χ4v) is 3.25. The minimum absolute atomic E-state index is 0. The minimum Gasteiger partial charge on any atom is -0.355 e. The van der Waals surface area contributed by atoms with Gasteiger partial charge in [-0.05, 0) is 62.4 Å². The van der Waals surface area contributed by atoms with Crippen LogP contribution in [-0.2, 0) is 10.2 Å². The average Bonchev–Trinajstić information content (AvgIpc) is 3.28. The van der Waals surface area contributed by atoms with Crippen molar-refractivity contribution in [1.82, 2.24) is 10.6 Å². The molecule has 1 heterocycles. The van der Waals surface area contributed by atoms with Crippen LogP contribution >= 0.6 is 24.0 Å². The first kappa shape index (κ1) is 16.6. The molecule has 1 unspecified atom stereocenters. The van der Waals surface area contributed by atoms with Crippen molar-refractivity contribution in [3.05, 3.63) is 34.9 Å². The van der Waals surface area contributed by atoms with Crippen molar-refractivity contribution in [2.75, 3.05) is 19.6 Å². The second-order valence-electron chi connectivity index (χ2n) is 6.01. The normalized spacial score (nSPS) is 23.0. The highest BCUT2D eigenvalue weighted by Gasteiger charge is 2.51. The molecular weight excluding hydrogens is 307 g/mol. The number of hydrogen-bond donors (Lipinski definition) is 2. The number of carbonyl (C=O) groups is 1. The first-order chi connectivity index (χ1) is 9.71. The monoisotopic (exact) mass is 328 g/mol. The van der Waals surface area contributed by atoms with Crippen LogP contribution in [0.15, 0.2) is 24.3 Å². The van der Waals surface area contributed by atoms with Gasteiger partial charge in [0.15, 0.2) is 0 Å². The molecule has 3 rings (SSSR count). The Balaban J connectivity index is 0.00000161. The van der Waals surface area contributed by atoms with Crippen molar-refractivity contribution in [1.29, 1.82) is 0 Å². The number of nitrogens with one attached hydrogen (secondary N) is 2. The summed E-state index contributed by atoms with van der Waals surface area (Å²) in [6, 6.07) is 7.72. The number of halogens is 2. The molecule has 2 fully saturated rings. The Labute approximate surface area is 137 Å². The van der Waals surface area contributed by atoms with Crippen LogP contribution in [0.5, 0.6) is 0 Å². The molecule has 0 bridgehead atoms. The molecule has 116 valence electrons. The van der Waals surface area contributed by atoms with Crippen molar-refractivity contribution in [2.45, 2.75) is 31.1 Å². The Morgan fingerprint density at radius 1 is 1.43 bits per heavy atom. The third-order valence-electron chi connectivity index (χ3n) is 4.51. The molecule has 1 saturated carbocycles. The summed E-state index contributed by atoms with van der Waals surface area (Å²) in [5.41, 5.74) is 0.747. The first-order valence-corrected chi connectivity index (χ1v) is 7.83. The van der Waals surface area contributed by atoms with E-state index < -0.39 is 0 Å². The highest BCUT2D eigenvalue weighted by atomic mass is 35.5. The van der Waals surface area contributed by atoms with E-state index in [-0.39, 0.29) is 23.7 Å². The fourth-order valence-electron chi connectivity index (χ4n) is 3.06. The SMILES string of the molecule is Cl.O=C(NCC1CCCNC1)C1(c2cccc(Cl)c2)CC1. The van der Waals surface area contributed by atoms with Crippen LogP contribution in [0, 0.1) is 5.92 Å². The van der Waals surface area contributed by atoms with Gasteiger partial charge < -0.3 is 10.6 Å². The maximum absolute atomic E-state index is 12.5. The number of amides is 1. The van der Waals surface area contributed by atoms with Crippen molar-refractivity contribution in [3.63, 3.8) is 0 Å². The maximum atomic E-state index is 12.5. The number of hydrogen-bond acceptors (Lipinski definition) is 2. The second-order valence-corrected chi connectivity index (χ2v) is 6.45. The molecule has 21 heavy (non-hydrogen) atoms. The van der Waals surface area contributed by atoms with Crippen LogP contribution in [0.25, 0.3) is 0 Å². The lowest BCUT2D eigenvalue weighted by molar-refractivity contribution is -0.123. The van der Waals surface area contributed by atoms with Crippen molar-refractivity contribution in [3.8, 4) is 0 Å². The molecule has 0 aromatic heterocycles. The van der Waals surface area contributed by atoms with Crippen LogP contribution in [-0.4, -0.2) is 25.5 Å². The van der Waals surface area contributed by atoms with Crippen LogP contribution in [0.4, 0.5) is 0 Å². The molecule has 1 atom stereocenters. The molecular formula is C16H22Cl2N2O.